The van der Waals surface area contributed by atoms with Crippen molar-refractivity contribution < 1.29 is 29.0 Å². The number of H-pyrrole nitrogens is 1. The Morgan fingerprint density at radius 1 is 0.946 bits per heavy atom. The molecular weight excluding hydrogens is 515 g/mol. The molecule has 0 atom stereocenters. The number of imidazole rings is 1. The summed E-state index contributed by atoms with van der Waals surface area (Å²) in [6, 6.07) is 4.16. The Labute approximate surface area is 211 Å². The SMILES string of the molecule is CO[C@H]1CC[C@H](c2nc3c(C4CCN(C(=O)c5ccc(S(F)(F)(F)(F)F)cc5)CC4)ccnc3[nH]2)CC1. The molecule has 1 amide bonds. The molecule has 0 unspecified atom stereocenters. The first kappa shape index (κ1) is 25.9. The highest BCUT2D eigenvalue weighted by atomic mass is 32.5. The van der Waals surface area contributed by atoms with E-state index in [1.165, 1.54) is 0 Å². The summed E-state index contributed by atoms with van der Waals surface area (Å²) in [5, 5.41) is 0. The summed E-state index contributed by atoms with van der Waals surface area (Å²) in [7, 11) is -8.03. The van der Waals surface area contributed by atoms with E-state index in [-0.39, 0.29) is 23.6 Å². The first-order valence-electron chi connectivity index (χ1n) is 12.3. The zero-order valence-electron chi connectivity index (χ0n) is 20.3. The number of benzene rings is 1. The standard InChI is InChI=1S/C25H29F5N4O2S/c1-36-19-6-2-17(3-7-19)23-32-22-21(10-13-31-24(22)33-23)16-11-14-34(15-12-16)25(35)18-4-8-20(9-5-18)37(26,27,28,29)30/h4-5,8-10,13,16-17,19H,2-3,6-7,11-12,14-15H2,1H3,(H,31,32,33)/t17-,19-. The molecule has 3 heterocycles. The molecule has 5 rings (SSSR count). The van der Waals surface area contributed by atoms with Crippen LogP contribution in [-0.2, 0) is 4.74 Å². The quantitative estimate of drug-likeness (QED) is 0.342. The first-order valence-corrected chi connectivity index (χ1v) is 14.3. The molecule has 3 aromatic rings. The zero-order chi connectivity index (χ0) is 26.5. The van der Waals surface area contributed by atoms with E-state index < -0.39 is 21.0 Å². The second-order valence-electron chi connectivity index (χ2n) is 9.99. The molecule has 0 bridgehead atoms. The van der Waals surface area contributed by atoms with Gasteiger partial charge in [0.05, 0.1) is 6.10 Å². The van der Waals surface area contributed by atoms with Crippen LogP contribution in [-0.4, -0.2) is 52.1 Å². The summed E-state index contributed by atoms with van der Waals surface area (Å²) in [6.45, 7) is 0.796. The van der Waals surface area contributed by atoms with E-state index in [0.29, 0.717) is 38.0 Å². The predicted molar refractivity (Wildman–Crippen MR) is 132 cm³/mol. The minimum atomic E-state index is -9.77. The van der Waals surface area contributed by atoms with Crippen molar-refractivity contribution >= 4 is 27.3 Å². The number of hydrogen-bond acceptors (Lipinski definition) is 4. The second-order valence-corrected chi connectivity index (χ2v) is 12.4. The number of aromatic amines is 1. The van der Waals surface area contributed by atoms with Gasteiger partial charge >= 0.3 is 10.2 Å². The number of nitrogens with zero attached hydrogens (tertiary/aromatic N) is 3. The number of fused-ring (bicyclic) bond motifs is 1. The Kier molecular flexibility index (Phi) is 6.06. The van der Waals surface area contributed by atoms with Crippen LogP contribution in [0.2, 0.25) is 0 Å². The van der Waals surface area contributed by atoms with Gasteiger partial charge < -0.3 is 14.6 Å². The summed E-state index contributed by atoms with van der Waals surface area (Å²) in [6.07, 6.45) is 7.33. The number of methoxy groups -OCH3 is 1. The summed E-state index contributed by atoms with van der Waals surface area (Å²) in [4.78, 5) is 25.1. The van der Waals surface area contributed by atoms with Gasteiger partial charge in [-0.2, -0.15) is 0 Å². The van der Waals surface area contributed by atoms with Crippen LogP contribution in [0.5, 0.6) is 0 Å². The highest BCUT2D eigenvalue weighted by Crippen LogP contribution is 3.02. The molecule has 1 aliphatic heterocycles. The highest BCUT2D eigenvalue weighted by molar-refractivity contribution is 8.45. The van der Waals surface area contributed by atoms with Gasteiger partial charge in [0, 0.05) is 37.9 Å². The topological polar surface area (TPSA) is 71.1 Å². The van der Waals surface area contributed by atoms with Crippen molar-refractivity contribution in [3.8, 4) is 0 Å². The molecular formula is C25H29F5N4O2S. The van der Waals surface area contributed by atoms with E-state index >= 15 is 0 Å². The molecule has 1 aromatic carbocycles. The lowest BCUT2D eigenvalue weighted by Crippen LogP contribution is -2.38. The number of carbonyl (C=O) groups is 1. The van der Waals surface area contributed by atoms with E-state index in [1.54, 1.807) is 18.2 Å². The third kappa shape index (κ3) is 5.45. The van der Waals surface area contributed by atoms with Crippen molar-refractivity contribution in [2.24, 2.45) is 0 Å². The third-order valence-corrected chi connectivity index (χ3v) is 8.76. The molecule has 2 fully saturated rings. The lowest BCUT2D eigenvalue weighted by Gasteiger charge is -2.40. The molecule has 1 aliphatic carbocycles. The Morgan fingerprint density at radius 2 is 1.59 bits per heavy atom. The number of rotatable bonds is 5. The van der Waals surface area contributed by atoms with Crippen molar-refractivity contribution in [3.05, 3.63) is 53.5 Å². The number of amides is 1. The van der Waals surface area contributed by atoms with Gasteiger partial charge in [0.2, 0.25) is 0 Å². The van der Waals surface area contributed by atoms with E-state index in [9.17, 15) is 24.2 Å². The molecule has 202 valence electrons. The number of ether oxygens (including phenoxy) is 1. The lowest BCUT2D eigenvalue weighted by molar-refractivity contribution is 0.0652. The minimum Gasteiger partial charge on any atom is -0.381 e. The number of halogens is 5. The van der Waals surface area contributed by atoms with E-state index in [0.717, 1.165) is 60.4 Å². The fraction of sp³-hybridized carbons (Fsp3) is 0.480. The summed E-state index contributed by atoms with van der Waals surface area (Å²) >= 11 is 0. The minimum absolute atomic E-state index is 0.0458. The van der Waals surface area contributed by atoms with Crippen LogP contribution < -0.4 is 0 Å². The van der Waals surface area contributed by atoms with Gasteiger partial charge in [0.25, 0.3) is 5.91 Å². The lowest BCUT2D eigenvalue weighted by atomic mass is 9.87. The number of carbonyl (C=O) groups excluding carboxylic acids is 1. The van der Waals surface area contributed by atoms with Gasteiger partial charge in [-0.15, -0.1) is 0 Å². The number of likely N-dealkylation sites (tertiary alicyclic amines) is 1. The van der Waals surface area contributed by atoms with Crippen LogP contribution in [0, 0.1) is 0 Å². The average Bonchev–Trinajstić information content (AvgIpc) is 3.32. The molecule has 1 saturated heterocycles. The van der Waals surface area contributed by atoms with Gasteiger partial charge in [0.15, 0.2) is 5.65 Å². The van der Waals surface area contributed by atoms with Gasteiger partial charge in [-0.1, -0.05) is 19.4 Å². The van der Waals surface area contributed by atoms with E-state index in [2.05, 4.69) is 9.97 Å². The number of pyridine rings is 1. The number of hydrogen-bond donors (Lipinski definition) is 1. The number of aromatic nitrogens is 3. The van der Waals surface area contributed by atoms with Crippen molar-refractivity contribution in [1.29, 1.82) is 0 Å². The summed E-state index contributed by atoms with van der Waals surface area (Å²) in [5.41, 5.74) is 2.59. The Hall–Kier alpha value is -2.73. The molecule has 12 heteroatoms. The van der Waals surface area contributed by atoms with E-state index in [4.69, 9.17) is 9.72 Å². The van der Waals surface area contributed by atoms with Crippen molar-refractivity contribution in [2.75, 3.05) is 20.2 Å². The number of piperidine rings is 1. The molecule has 37 heavy (non-hydrogen) atoms. The summed E-state index contributed by atoms with van der Waals surface area (Å²) < 4.78 is 70.3. The monoisotopic (exact) mass is 544 g/mol. The summed E-state index contributed by atoms with van der Waals surface area (Å²) in [5.74, 6) is 0.941. The van der Waals surface area contributed by atoms with Crippen LogP contribution in [0.15, 0.2) is 41.4 Å². The molecule has 6 nitrogen and oxygen atoms in total. The maximum absolute atomic E-state index is 13.0. The van der Waals surface area contributed by atoms with Crippen LogP contribution in [0.4, 0.5) is 19.4 Å². The largest absolute Gasteiger partial charge is 0.381 e. The van der Waals surface area contributed by atoms with Gasteiger partial charge in [-0.05, 0) is 80.3 Å². The van der Waals surface area contributed by atoms with Crippen LogP contribution in [0.25, 0.3) is 11.2 Å². The molecule has 1 N–H and O–H groups in total. The Bertz CT molecular complexity index is 1300. The predicted octanol–water partition coefficient (Wildman–Crippen LogP) is 7.31. The van der Waals surface area contributed by atoms with Gasteiger partial charge in [0.1, 0.15) is 16.2 Å². The number of nitrogens with one attached hydrogen (secondary N) is 1. The Morgan fingerprint density at radius 3 is 2.19 bits per heavy atom. The van der Waals surface area contributed by atoms with Crippen molar-refractivity contribution in [2.45, 2.75) is 61.4 Å². The van der Waals surface area contributed by atoms with Gasteiger partial charge in [-0.25, -0.2) is 9.97 Å². The fourth-order valence-electron chi connectivity index (χ4n) is 5.47. The van der Waals surface area contributed by atoms with Crippen LogP contribution in [0.3, 0.4) is 0 Å². The molecule has 1 saturated carbocycles. The molecule has 2 aromatic heterocycles. The molecule has 2 aliphatic rings. The highest BCUT2D eigenvalue weighted by Gasteiger charge is 2.65. The third-order valence-electron chi connectivity index (χ3n) is 7.60. The van der Waals surface area contributed by atoms with Gasteiger partial charge in [-0.3, -0.25) is 4.79 Å². The van der Waals surface area contributed by atoms with Crippen LogP contribution in [0.1, 0.15) is 72.1 Å². The average molecular weight is 545 g/mol. The van der Waals surface area contributed by atoms with Crippen molar-refractivity contribution in [1.82, 2.24) is 19.9 Å². The maximum Gasteiger partial charge on any atom is 0.310 e. The van der Waals surface area contributed by atoms with Crippen LogP contribution >= 0.6 is 10.2 Å². The Balaban J connectivity index is 1.26. The fourth-order valence-corrected chi connectivity index (χ4v) is 6.12. The molecule has 0 spiro atoms. The second kappa shape index (κ2) is 8.65. The smallest absolute Gasteiger partial charge is 0.310 e. The first-order chi connectivity index (χ1) is 17.3. The normalized spacial score (nSPS) is 23.6. The molecule has 0 radical (unpaired) electrons. The van der Waals surface area contributed by atoms with E-state index in [1.807, 2.05) is 6.07 Å². The van der Waals surface area contributed by atoms with Crippen molar-refractivity contribution in [3.63, 3.8) is 0 Å². The maximum atomic E-state index is 13.0. The zero-order valence-corrected chi connectivity index (χ0v) is 21.1.